The van der Waals surface area contributed by atoms with Crippen molar-refractivity contribution in [2.45, 2.75) is 38.8 Å². The van der Waals surface area contributed by atoms with E-state index in [1.54, 1.807) is 6.07 Å². The summed E-state index contributed by atoms with van der Waals surface area (Å²) in [5, 5.41) is 3.62. The summed E-state index contributed by atoms with van der Waals surface area (Å²) < 4.78 is 14.0. The molecule has 1 aromatic carbocycles. The van der Waals surface area contributed by atoms with Gasteiger partial charge in [0.2, 0.25) is 0 Å². The van der Waals surface area contributed by atoms with Gasteiger partial charge in [0, 0.05) is 24.7 Å². The van der Waals surface area contributed by atoms with Gasteiger partial charge in [0.1, 0.15) is 5.82 Å². The molecule has 0 radical (unpaired) electrons. The van der Waals surface area contributed by atoms with Crippen LogP contribution >= 0.6 is 11.6 Å². The third-order valence-corrected chi connectivity index (χ3v) is 4.08. The van der Waals surface area contributed by atoms with Gasteiger partial charge in [-0.15, -0.1) is 0 Å². The molecule has 1 aromatic rings. The Hall–Kier alpha value is -0.640. The van der Waals surface area contributed by atoms with Crippen LogP contribution in [0.5, 0.6) is 0 Å². The minimum absolute atomic E-state index is 0.220. The molecule has 4 heteroatoms. The van der Waals surface area contributed by atoms with Gasteiger partial charge >= 0.3 is 0 Å². The molecule has 106 valence electrons. The lowest BCUT2D eigenvalue weighted by Gasteiger charge is -2.36. The second-order valence-electron chi connectivity index (χ2n) is 5.14. The summed E-state index contributed by atoms with van der Waals surface area (Å²) in [4.78, 5) is 2.38. The Morgan fingerprint density at radius 1 is 1.42 bits per heavy atom. The van der Waals surface area contributed by atoms with Crippen molar-refractivity contribution in [1.29, 1.82) is 0 Å². The van der Waals surface area contributed by atoms with Crippen molar-refractivity contribution in [3.63, 3.8) is 0 Å². The van der Waals surface area contributed by atoms with Crippen molar-refractivity contribution in [3.8, 4) is 0 Å². The minimum atomic E-state index is -0.267. The third kappa shape index (κ3) is 3.91. The molecule has 1 aliphatic rings. The summed E-state index contributed by atoms with van der Waals surface area (Å²) in [5.74, 6) is -0.267. The second kappa shape index (κ2) is 7.22. The van der Waals surface area contributed by atoms with Crippen LogP contribution in [0.25, 0.3) is 0 Å². The van der Waals surface area contributed by atoms with Gasteiger partial charge in [-0.1, -0.05) is 37.1 Å². The van der Waals surface area contributed by atoms with Crippen molar-refractivity contribution in [2.75, 3.05) is 19.6 Å². The molecule has 1 unspecified atom stereocenters. The minimum Gasteiger partial charge on any atom is -0.315 e. The van der Waals surface area contributed by atoms with Gasteiger partial charge in [-0.05, 0) is 32.0 Å². The summed E-state index contributed by atoms with van der Waals surface area (Å²) in [7, 11) is 0. The molecule has 1 saturated heterocycles. The molecule has 0 spiro atoms. The van der Waals surface area contributed by atoms with Crippen molar-refractivity contribution in [3.05, 3.63) is 34.6 Å². The Kier molecular flexibility index (Phi) is 5.61. The standard InChI is InChI=1S/C15H22ClFN2/c1-2-18-10-13-7-3-4-9-19(13)11-12-6-5-8-14(16)15(12)17/h5-6,8,13,18H,2-4,7,9-11H2,1H3. The van der Waals surface area contributed by atoms with Crippen LogP contribution < -0.4 is 5.32 Å². The van der Waals surface area contributed by atoms with Gasteiger partial charge in [-0.2, -0.15) is 0 Å². The average Bonchev–Trinajstić information content (AvgIpc) is 2.43. The van der Waals surface area contributed by atoms with E-state index >= 15 is 0 Å². The zero-order valence-corrected chi connectivity index (χ0v) is 12.2. The van der Waals surface area contributed by atoms with E-state index in [2.05, 4.69) is 17.1 Å². The van der Waals surface area contributed by atoms with E-state index in [9.17, 15) is 4.39 Å². The SMILES string of the molecule is CCNCC1CCCCN1Cc1cccc(Cl)c1F. The Morgan fingerprint density at radius 2 is 2.26 bits per heavy atom. The summed E-state index contributed by atoms with van der Waals surface area (Å²) >= 11 is 5.85. The highest BCUT2D eigenvalue weighted by Crippen LogP contribution is 2.23. The number of nitrogens with zero attached hydrogens (tertiary/aromatic N) is 1. The number of nitrogens with one attached hydrogen (secondary N) is 1. The summed E-state index contributed by atoms with van der Waals surface area (Å²) in [6.45, 7) is 5.78. The van der Waals surface area contributed by atoms with Gasteiger partial charge in [0.15, 0.2) is 0 Å². The number of piperidine rings is 1. The Morgan fingerprint density at radius 3 is 3.05 bits per heavy atom. The molecule has 0 bridgehead atoms. The molecule has 1 atom stereocenters. The monoisotopic (exact) mass is 284 g/mol. The van der Waals surface area contributed by atoms with Crippen molar-refractivity contribution in [2.24, 2.45) is 0 Å². The van der Waals surface area contributed by atoms with E-state index in [4.69, 9.17) is 11.6 Å². The van der Waals surface area contributed by atoms with Crippen LogP contribution in [-0.4, -0.2) is 30.6 Å². The summed E-state index contributed by atoms with van der Waals surface area (Å²) in [6, 6.07) is 5.77. The molecule has 1 N–H and O–H groups in total. The zero-order valence-electron chi connectivity index (χ0n) is 11.5. The van der Waals surface area contributed by atoms with Crippen molar-refractivity contribution < 1.29 is 4.39 Å². The fourth-order valence-corrected chi connectivity index (χ4v) is 2.89. The van der Waals surface area contributed by atoms with E-state index in [0.717, 1.165) is 19.6 Å². The fraction of sp³-hybridized carbons (Fsp3) is 0.600. The quantitative estimate of drug-likeness (QED) is 0.891. The van der Waals surface area contributed by atoms with E-state index in [0.29, 0.717) is 18.2 Å². The molecule has 19 heavy (non-hydrogen) atoms. The number of hydrogen-bond donors (Lipinski definition) is 1. The van der Waals surface area contributed by atoms with Crippen LogP contribution in [0.4, 0.5) is 4.39 Å². The topological polar surface area (TPSA) is 15.3 Å². The molecule has 0 aliphatic carbocycles. The van der Waals surface area contributed by atoms with Gasteiger partial charge in [0.05, 0.1) is 5.02 Å². The second-order valence-corrected chi connectivity index (χ2v) is 5.55. The molecule has 0 amide bonds. The number of rotatable bonds is 5. The molecule has 0 saturated carbocycles. The normalized spacial score (nSPS) is 20.7. The first-order valence-electron chi connectivity index (χ1n) is 7.10. The van der Waals surface area contributed by atoms with Crippen LogP contribution in [0.3, 0.4) is 0 Å². The van der Waals surface area contributed by atoms with Crippen LogP contribution in [-0.2, 0) is 6.54 Å². The lowest BCUT2D eigenvalue weighted by molar-refractivity contribution is 0.136. The molecule has 1 fully saturated rings. The molecule has 0 aromatic heterocycles. The first-order chi connectivity index (χ1) is 9.22. The number of likely N-dealkylation sites (tertiary alicyclic amines) is 1. The number of likely N-dealkylation sites (N-methyl/N-ethyl adjacent to an activating group) is 1. The number of hydrogen-bond acceptors (Lipinski definition) is 2. The number of halogens is 2. The zero-order chi connectivity index (χ0) is 13.7. The number of benzene rings is 1. The smallest absolute Gasteiger partial charge is 0.146 e. The molecule has 1 heterocycles. The lowest BCUT2D eigenvalue weighted by Crippen LogP contribution is -2.45. The molecule has 1 aliphatic heterocycles. The Balaban J connectivity index is 2.04. The molecular weight excluding hydrogens is 263 g/mol. The van der Waals surface area contributed by atoms with E-state index in [1.807, 2.05) is 12.1 Å². The van der Waals surface area contributed by atoms with Crippen LogP contribution in [0, 0.1) is 5.82 Å². The van der Waals surface area contributed by atoms with Crippen molar-refractivity contribution in [1.82, 2.24) is 10.2 Å². The molecular formula is C15H22ClFN2. The fourth-order valence-electron chi connectivity index (χ4n) is 2.70. The van der Waals surface area contributed by atoms with Crippen LogP contribution in [0.1, 0.15) is 31.7 Å². The predicted molar refractivity (Wildman–Crippen MR) is 78.0 cm³/mol. The van der Waals surface area contributed by atoms with Crippen molar-refractivity contribution >= 4 is 11.6 Å². The van der Waals surface area contributed by atoms with E-state index in [1.165, 1.54) is 19.3 Å². The lowest BCUT2D eigenvalue weighted by atomic mass is 10.0. The summed E-state index contributed by atoms with van der Waals surface area (Å²) in [5.41, 5.74) is 0.705. The highest BCUT2D eigenvalue weighted by Gasteiger charge is 2.23. The van der Waals surface area contributed by atoms with Crippen LogP contribution in [0.15, 0.2) is 18.2 Å². The Labute approximate surface area is 119 Å². The maximum absolute atomic E-state index is 14.0. The van der Waals surface area contributed by atoms with Gasteiger partial charge < -0.3 is 5.32 Å². The first kappa shape index (κ1) is 14.8. The predicted octanol–water partition coefficient (Wildman–Crippen LogP) is 3.44. The maximum Gasteiger partial charge on any atom is 0.146 e. The van der Waals surface area contributed by atoms with E-state index in [-0.39, 0.29) is 10.8 Å². The highest BCUT2D eigenvalue weighted by molar-refractivity contribution is 6.30. The maximum atomic E-state index is 14.0. The summed E-state index contributed by atoms with van der Waals surface area (Å²) in [6.07, 6.45) is 3.66. The molecule has 2 rings (SSSR count). The van der Waals surface area contributed by atoms with Gasteiger partial charge in [0.25, 0.3) is 0 Å². The highest BCUT2D eigenvalue weighted by atomic mass is 35.5. The first-order valence-corrected chi connectivity index (χ1v) is 7.47. The van der Waals surface area contributed by atoms with Gasteiger partial charge in [-0.25, -0.2) is 4.39 Å². The molecule has 2 nitrogen and oxygen atoms in total. The third-order valence-electron chi connectivity index (χ3n) is 3.78. The average molecular weight is 285 g/mol. The van der Waals surface area contributed by atoms with Crippen LogP contribution in [0.2, 0.25) is 5.02 Å². The largest absolute Gasteiger partial charge is 0.315 e. The van der Waals surface area contributed by atoms with E-state index < -0.39 is 0 Å². The Bertz CT molecular complexity index is 411. The van der Waals surface area contributed by atoms with Gasteiger partial charge in [-0.3, -0.25) is 4.90 Å².